The quantitative estimate of drug-likeness (QED) is 0.664. The van der Waals surface area contributed by atoms with E-state index < -0.39 is 0 Å². The van der Waals surface area contributed by atoms with Crippen LogP contribution in [0, 0.1) is 35.0 Å². The van der Waals surface area contributed by atoms with Crippen molar-refractivity contribution in [2.75, 3.05) is 0 Å². The molecule has 0 aromatic carbocycles. The number of hydrogen-bond donors (Lipinski definition) is 1. The molecule has 1 heterocycles. The Morgan fingerprint density at radius 1 is 1.37 bits per heavy atom. The summed E-state index contributed by atoms with van der Waals surface area (Å²) in [5, 5.41) is 8.87. The second kappa shape index (κ2) is 6.88. The first-order valence-electron chi connectivity index (χ1n) is 6.38. The molecule has 2 nitrogen and oxygen atoms in total. The van der Waals surface area contributed by atoms with Gasteiger partial charge in [0.15, 0.2) is 5.76 Å². The van der Waals surface area contributed by atoms with Gasteiger partial charge in [-0.2, -0.15) is 0 Å². The molecule has 0 amide bonds. The highest BCUT2D eigenvalue weighted by atomic mass is 16.4. The van der Waals surface area contributed by atoms with Crippen molar-refractivity contribution in [2.24, 2.45) is 11.3 Å². The van der Waals surface area contributed by atoms with E-state index in [4.69, 9.17) is 9.52 Å². The fraction of sp³-hybridized carbons (Fsp3) is 0.412. The van der Waals surface area contributed by atoms with Crippen molar-refractivity contribution in [1.29, 1.82) is 0 Å². The smallest absolute Gasteiger partial charge is 0.178 e. The predicted octanol–water partition coefficient (Wildman–Crippen LogP) is 3.37. The summed E-state index contributed by atoms with van der Waals surface area (Å²) >= 11 is 0. The van der Waals surface area contributed by atoms with Crippen LogP contribution in [0.25, 0.3) is 0 Å². The molecule has 1 aromatic rings. The summed E-state index contributed by atoms with van der Waals surface area (Å²) in [7, 11) is 0. The maximum Gasteiger partial charge on any atom is 0.178 e. The van der Waals surface area contributed by atoms with E-state index in [1.807, 2.05) is 13.0 Å². The fourth-order valence-electron chi connectivity index (χ4n) is 1.51. The van der Waals surface area contributed by atoms with Crippen LogP contribution in [0.4, 0.5) is 0 Å². The number of aliphatic hydroxyl groups is 1. The lowest BCUT2D eigenvalue weighted by Crippen LogP contribution is -2.18. The van der Waals surface area contributed by atoms with Gasteiger partial charge in [-0.15, -0.1) is 0 Å². The second-order valence-corrected chi connectivity index (χ2v) is 4.86. The maximum atomic E-state index is 8.87. The molecule has 1 rings (SSSR count). The van der Waals surface area contributed by atoms with Crippen molar-refractivity contribution in [1.82, 2.24) is 0 Å². The average Bonchev–Trinajstić information content (AvgIpc) is 2.83. The molecular weight excluding hydrogens is 236 g/mol. The number of aliphatic hydroxyl groups excluding tert-OH is 1. The summed E-state index contributed by atoms with van der Waals surface area (Å²) in [6, 6.07) is 3.43. The minimum atomic E-state index is -0.164. The van der Waals surface area contributed by atoms with Gasteiger partial charge < -0.3 is 9.52 Å². The molecule has 1 unspecified atom stereocenters. The van der Waals surface area contributed by atoms with Crippen LogP contribution >= 0.6 is 0 Å². The molecule has 1 atom stereocenters. The highest BCUT2D eigenvalue weighted by molar-refractivity contribution is 5.37. The van der Waals surface area contributed by atoms with Crippen LogP contribution in [-0.2, 0) is 6.61 Å². The molecule has 2 heteroatoms. The molecule has 0 saturated carbocycles. The number of rotatable bonds is 3. The summed E-state index contributed by atoms with van der Waals surface area (Å²) in [5.41, 5.74) is -0.164. The van der Waals surface area contributed by atoms with Crippen LogP contribution in [0.15, 0.2) is 28.7 Å². The summed E-state index contributed by atoms with van der Waals surface area (Å²) in [6.45, 7) is 8.26. The largest absolute Gasteiger partial charge is 0.450 e. The number of hydrogen-bond acceptors (Lipinski definition) is 2. The van der Waals surface area contributed by atoms with E-state index in [1.54, 1.807) is 12.1 Å². The molecule has 0 fully saturated rings. The van der Waals surface area contributed by atoms with E-state index in [1.165, 1.54) is 0 Å². The van der Waals surface area contributed by atoms with Gasteiger partial charge in [0.1, 0.15) is 12.4 Å². The standard InChI is InChI=1S/C17H20O2/c1-5-11-17(4,14(2)3)12-7-6-8-15-9-10-16(13-18)19-15/h5,9-11,14,18H,13H2,1-4H3/b11-5-. The van der Waals surface area contributed by atoms with Crippen molar-refractivity contribution in [2.45, 2.75) is 34.3 Å². The lowest BCUT2D eigenvalue weighted by atomic mass is 9.79. The van der Waals surface area contributed by atoms with Gasteiger partial charge >= 0.3 is 0 Å². The summed E-state index contributed by atoms with van der Waals surface area (Å²) in [4.78, 5) is 0. The lowest BCUT2D eigenvalue weighted by Gasteiger charge is -2.23. The van der Waals surface area contributed by atoms with Crippen molar-refractivity contribution in [3.05, 3.63) is 35.8 Å². The molecule has 0 aliphatic carbocycles. The Morgan fingerprint density at radius 3 is 2.63 bits per heavy atom. The van der Waals surface area contributed by atoms with Crippen molar-refractivity contribution in [3.8, 4) is 23.7 Å². The average molecular weight is 256 g/mol. The fourth-order valence-corrected chi connectivity index (χ4v) is 1.51. The highest BCUT2D eigenvalue weighted by Gasteiger charge is 2.21. The Hall–Kier alpha value is -1.90. The normalized spacial score (nSPS) is 13.6. The molecule has 0 bridgehead atoms. The van der Waals surface area contributed by atoms with Gasteiger partial charge in [0.2, 0.25) is 0 Å². The first-order valence-corrected chi connectivity index (χ1v) is 6.38. The van der Waals surface area contributed by atoms with Crippen molar-refractivity contribution in [3.63, 3.8) is 0 Å². The van der Waals surface area contributed by atoms with Crippen LogP contribution in [0.3, 0.4) is 0 Å². The SMILES string of the molecule is C/C=C\C(C)(C#CC#Cc1ccc(CO)o1)C(C)C. The predicted molar refractivity (Wildman–Crippen MR) is 77.0 cm³/mol. The Bertz CT molecular complexity index is 555. The molecule has 0 aliphatic rings. The van der Waals surface area contributed by atoms with Crippen LogP contribution < -0.4 is 0 Å². The Morgan fingerprint density at radius 2 is 2.11 bits per heavy atom. The van der Waals surface area contributed by atoms with Gasteiger partial charge in [0.05, 0.1) is 0 Å². The minimum absolute atomic E-state index is 0.111. The van der Waals surface area contributed by atoms with Gasteiger partial charge in [-0.25, -0.2) is 0 Å². The Labute approximate surface area is 115 Å². The molecule has 100 valence electrons. The molecule has 0 radical (unpaired) electrons. The molecule has 1 N–H and O–H groups in total. The molecule has 0 saturated heterocycles. The zero-order valence-corrected chi connectivity index (χ0v) is 11.9. The molecule has 0 aliphatic heterocycles. The van der Waals surface area contributed by atoms with Crippen LogP contribution in [-0.4, -0.2) is 5.11 Å². The summed E-state index contributed by atoms with van der Waals surface area (Å²) < 4.78 is 5.25. The first-order chi connectivity index (χ1) is 9.01. The highest BCUT2D eigenvalue weighted by Crippen LogP contribution is 2.27. The van der Waals surface area contributed by atoms with Crippen molar-refractivity contribution < 1.29 is 9.52 Å². The van der Waals surface area contributed by atoms with E-state index in [0.717, 1.165) is 0 Å². The number of furan rings is 1. The zero-order chi connectivity index (χ0) is 14.3. The van der Waals surface area contributed by atoms with E-state index in [2.05, 4.69) is 50.5 Å². The Kier molecular flexibility index (Phi) is 5.49. The monoisotopic (exact) mass is 256 g/mol. The van der Waals surface area contributed by atoms with Gasteiger partial charge in [-0.3, -0.25) is 0 Å². The summed E-state index contributed by atoms with van der Waals surface area (Å²) in [5.74, 6) is 13.1. The van der Waals surface area contributed by atoms with Crippen LogP contribution in [0.1, 0.15) is 39.2 Å². The third-order valence-electron chi connectivity index (χ3n) is 3.11. The van der Waals surface area contributed by atoms with Gasteiger partial charge in [-0.1, -0.05) is 31.9 Å². The minimum Gasteiger partial charge on any atom is -0.450 e. The summed E-state index contributed by atoms with van der Waals surface area (Å²) in [6.07, 6.45) is 4.12. The van der Waals surface area contributed by atoms with E-state index in [9.17, 15) is 0 Å². The molecule has 19 heavy (non-hydrogen) atoms. The van der Waals surface area contributed by atoms with Gasteiger partial charge in [0, 0.05) is 5.41 Å². The Balaban J connectivity index is 2.84. The van der Waals surface area contributed by atoms with Crippen LogP contribution in [0.2, 0.25) is 0 Å². The number of allylic oxidation sites excluding steroid dienone is 2. The molecule has 0 spiro atoms. The maximum absolute atomic E-state index is 8.87. The molecule has 1 aromatic heterocycles. The van der Waals surface area contributed by atoms with Gasteiger partial charge in [0.25, 0.3) is 0 Å². The van der Waals surface area contributed by atoms with Gasteiger partial charge in [-0.05, 0) is 49.7 Å². The topological polar surface area (TPSA) is 33.4 Å². The zero-order valence-electron chi connectivity index (χ0n) is 11.9. The van der Waals surface area contributed by atoms with E-state index in [0.29, 0.717) is 17.4 Å². The second-order valence-electron chi connectivity index (χ2n) is 4.86. The third kappa shape index (κ3) is 4.36. The molecular formula is C17H20O2. The van der Waals surface area contributed by atoms with Crippen molar-refractivity contribution >= 4 is 0 Å². The van der Waals surface area contributed by atoms with E-state index >= 15 is 0 Å². The van der Waals surface area contributed by atoms with Crippen LogP contribution in [0.5, 0.6) is 0 Å². The first kappa shape index (κ1) is 15.2. The third-order valence-corrected chi connectivity index (χ3v) is 3.11. The lowest BCUT2D eigenvalue weighted by molar-refractivity contribution is 0.246. The van der Waals surface area contributed by atoms with E-state index in [-0.39, 0.29) is 12.0 Å².